The third kappa shape index (κ3) is 5.94. The molecule has 1 aliphatic heterocycles. The van der Waals surface area contributed by atoms with Crippen LogP contribution in [0.1, 0.15) is 35.7 Å². The van der Waals surface area contributed by atoms with Crippen LogP contribution in [0.15, 0.2) is 40.7 Å². The zero-order chi connectivity index (χ0) is 21.1. The van der Waals surface area contributed by atoms with Gasteiger partial charge in [0.05, 0.1) is 18.8 Å². The summed E-state index contributed by atoms with van der Waals surface area (Å²) in [5.74, 6) is -0.474. The van der Waals surface area contributed by atoms with Crippen LogP contribution in [0.3, 0.4) is 0 Å². The van der Waals surface area contributed by atoms with Crippen LogP contribution in [0.5, 0.6) is 0 Å². The van der Waals surface area contributed by atoms with Gasteiger partial charge in [-0.1, -0.05) is 12.1 Å². The Kier molecular flexibility index (Phi) is 8.65. The number of guanidine groups is 1. The van der Waals surface area contributed by atoms with Crippen molar-refractivity contribution in [3.8, 4) is 0 Å². The second-order valence-corrected chi connectivity index (χ2v) is 8.87. The molecule has 1 saturated carbocycles. The fraction of sp³-hybridized carbons (Fsp3) is 0.500. The topological polar surface area (TPSA) is 48.9 Å². The molecule has 1 saturated heterocycles. The average molecular weight is 562 g/mol. The third-order valence-electron chi connectivity index (χ3n) is 5.75. The number of morpholine rings is 1. The van der Waals surface area contributed by atoms with Gasteiger partial charge in [0.25, 0.3) is 0 Å². The summed E-state index contributed by atoms with van der Waals surface area (Å²) in [6.45, 7) is 5.29. The molecule has 9 heteroatoms. The molecule has 2 N–H and O–H groups in total. The Morgan fingerprint density at radius 2 is 2.06 bits per heavy atom. The van der Waals surface area contributed by atoms with Crippen molar-refractivity contribution in [2.75, 3.05) is 33.3 Å². The molecule has 0 bridgehead atoms. The predicted molar refractivity (Wildman–Crippen MR) is 131 cm³/mol. The Labute approximate surface area is 203 Å². The molecule has 0 spiro atoms. The number of halogens is 3. The molecule has 170 valence electrons. The number of hydrogen-bond donors (Lipinski definition) is 2. The minimum absolute atomic E-state index is 0. The van der Waals surface area contributed by atoms with Crippen molar-refractivity contribution >= 4 is 41.3 Å². The van der Waals surface area contributed by atoms with Crippen LogP contribution in [0, 0.1) is 11.6 Å². The molecule has 0 radical (unpaired) electrons. The van der Waals surface area contributed by atoms with E-state index in [0.29, 0.717) is 18.9 Å². The lowest BCUT2D eigenvalue weighted by molar-refractivity contribution is -0.0334. The van der Waals surface area contributed by atoms with E-state index in [9.17, 15) is 8.78 Å². The molecule has 4 atom stereocenters. The van der Waals surface area contributed by atoms with Crippen molar-refractivity contribution < 1.29 is 13.5 Å². The Morgan fingerprint density at radius 1 is 1.29 bits per heavy atom. The first-order chi connectivity index (χ1) is 14.6. The maximum absolute atomic E-state index is 14.1. The van der Waals surface area contributed by atoms with E-state index in [4.69, 9.17) is 4.74 Å². The van der Waals surface area contributed by atoms with Crippen LogP contribution in [-0.4, -0.2) is 56.3 Å². The molecule has 2 aromatic rings. The van der Waals surface area contributed by atoms with Crippen molar-refractivity contribution in [1.29, 1.82) is 0 Å². The van der Waals surface area contributed by atoms with Crippen LogP contribution in [0.2, 0.25) is 0 Å². The zero-order valence-electron chi connectivity index (χ0n) is 17.7. The second kappa shape index (κ2) is 11.0. The molecule has 2 aliphatic rings. The van der Waals surface area contributed by atoms with E-state index in [0.717, 1.165) is 19.7 Å². The van der Waals surface area contributed by atoms with E-state index < -0.39 is 11.6 Å². The largest absolute Gasteiger partial charge is 0.376 e. The molecule has 4 unspecified atom stereocenters. The number of hydrogen-bond acceptors (Lipinski definition) is 4. The molecule has 2 fully saturated rings. The number of nitrogens with one attached hydrogen (secondary N) is 2. The first-order valence-corrected chi connectivity index (χ1v) is 11.2. The lowest BCUT2D eigenvalue weighted by atomic mass is 10.1. The summed E-state index contributed by atoms with van der Waals surface area (Å²) < 4.78 is 33.8. The van der Waals surface area contributed by atoms with Gasteiger partial charge in [0.15, 0.2) is 5.96 Å². The number of rotatable bonds is 6. The van der Waals surface area contributed by atoms with E-state index in [1.165, 1.54) is 23.1 Å². The molecule has 4 rings (SSSR count). The van der Waals surface area contributed by atoms with Gasteiger partial charge in [-0.15, -0.1) is 35.3 Å². The smallest absolute Gasteiger partial charge is 0.191 e. The second-order valence-electron chi connectivity index (χ2n) is 7.89. The highest BCUT2D eigenvalue weighted by atomic mass is 127. The van der Waals surface area contributed by atoms with E-state index in [-0.39, 0.29) is 53.6 Å². The quantitative estimate of drug-likeness (QED) is 0.316. The summed E-state index contributed by atoms with van der Waals surface area (Å²) in [4.78, 5) is 8.06. The number of thiophene rings is 1. The number of ether oxygens (including phenoxy) is 1. The van der Waals surface area contributed by atoms with E-state index in [1.54, 1.807) is 18.4 Å². The molecular weight excluding hydrogens is 533 g/mol. The van der Waals surface area contributed by atoms with Gasteiger partial charge in [-0.25, -0.2) is 8.78 Å². The Hall–Kier alpha value is -1.30. The van der Waals surface area contributed by atoms with Crippen LogP contribution in [-0.2, 0) is 4.74 Å². The number of nitrogens with zero attached hydrogens (tertiary/aromatic N) is 2. The van der Waals surface area contributed by atoms with Crippen LogP contribution >= 0.6 is 35.3 Å². The van der Waals surface area contributed by atoms with Crippen molar-refractivity contribution in [3.05, 3.63) is 57.8 Å². The third-order valence-corrected chi connectivity index (χ3v) is 6.73. The lowest BCUT2D eigenvalue weighted by Gasteiger charge is -2.37. The van der Waals surface area contributed by atoms with Crippen LogP contribution in [0.4, 0.5) is 8.78 Å². The summed E-state index contributed by atoms with van der Waals surface area (Å²) >= 11 is 1.75. The monoisotopic (exact) mass is 562 g/mol. The van der Waals surface area contributed by atoms with Gasteiger partial charge in [0.2, 0.25) is 0 Å². The van der Waals surface area contributed by atoms with E-state index in [1.807, 2.05) is 0 Å². The van der Waals surface area contributed by atoms with Crippen LogP contribution < -0.4 is 10.6 Å². The Bertz CT molecular complexity index is 862. The van der Waals surface area contributed by atoms with E-state index >= 15 is 0 Å². The van der Waals surface area contributed by atoms with Crippen LogP contribution in [0.25, 0.3) is 0 Å². The first kappa shape index (κ1) is 24.3. The zero-order valence-corrected chi connectivity index (χ0v) is 20.8. The van der Waals surface area contributed by atoms with Crippen molar-refractivity contribution in [2.45, 2.75) is 37.5 Å². The molecule has 1 aromatic heterocycles. The Morgan fingerprint density at radius 3 is 2.71 bits per heavy atom. The molecule has 1 aliphatic carbocycles. The van der Waals surface area contributed by atoms with Crippen molar-refractivity contribution in [3.63, 3.8) is 0 Å². The van der Waals surface area contributed by atoms with Gasteiger partial charge < -0.3 is 15.4 Å². The summed E-state index contributed by atoms with van der Waals surface area (Å²) in [5, 5.41) is 8.83. The van der Waals surface area contributed by atoms with Gasteiger partial charge in [0, 0.05) is 49.1 Å². The van der Waals surface area contributed by atoms with Crippen molar-refractivity contribution in [2.24, 2.45) is 4.99 Å². The molecule has 0 amide bonds. The molecular formula is C22H29F2IN4OS. The summed E-state index contributed by atoms with van der Waals surface area (Å²) in [6, 6.07) is 8.45. The first-order valence-electron chi connectivity index (χ1n) is 10.4. The summed E-state index contributed by atoms with van der Waals surface area (Å²) in [6.07, 6.45) is 0.898. The Balaban J connectivity index is 0.00000272. The SMILES string of the molecule is CN=C(NCC(c1cccs1)N1CCOC(C)C1)NC1CC1c1c(F)cccc1F.I. The highest BCUT2D eigenvalue weighted by Gasteiger charge is 2.42. The minimum atomic E-state index is -0.480. The fourth-order valence-corrected chi connectivity index (χ4v) is 4.98. The molecule has 2 heterocycles. The number of aliphatic imine (C=N–C) groups is 1. The normalized spacial score (nSPS) is 24.9. The standard InChI is InChI=1S/C22H28F2N4OS.HI/c1-14-13-28(8-9-29-14)19(20-7-4-10-30-20)12-26-22(25-2)27-18-11-15(18)21-16(23)5-3-6-17(21)24;/h3-7,10,14-15,18-19H,8-9,11-13H2,1-2H3,(H2,25,26,27);1H. The highest BCUT2D eigenvalue weighted by molar-refractivity contribution is 14.0. The van der Waals surface area contributed by atoms with Gasteiger partial charge in [-0.3, -0.25) is 9.89 Å². The maximum Gasteiger partial charge on any atom is 0.191 e. The molecule has 31 heavy (non-hydrogen) atoms. The highest BCUT2D eigenvalue weighted by Crippen LogP contribution is 2.43. The van der Waals surface area contributed by atoms with Crippen molar-refractivity contribution in [1.82, 2.24) is 15.5 Å². The number of benzene rings is 1. The van der Waals surface area contributed by atoms with Gasteiger partial charge in [-0.2, -0.15) is 0 Å². The van der Waals surface area contributed by atoms with Gasteiger partial charge in [0.1, 0.15) is 11.6 Å². The summed E-state index contributed by atoms with van der Waals surface area (Å²) in [5.41, 5.74) is 0.171. The fourth-order valence-electron chi connectivity index (χ4n) is 4.12. The van der Waals surface area contributed by atoms with Gasteiger partial charge >= 0.3 is 0 Å². The minimum Gasteiger partial charge on any atom is -0.376 e. The average Bonchev–Trinajstić information content (AvgIpc) is 3.25. The van der Waals surface area contributed by atoms with E-state index in [2.05, 4.69) is 45.0 Å². The molecule has 5 nitrogen and oxygen atoms in total. The predicted octanol–water partition coefficient (Wildman–Crippen LogP) is 4.13. The lowest BCUT2D eigenvalue weighted by Crippen LogP contribution is -2.48. The molecule has 1 aromatic carbocycles. The summed E-state index contributed by atoms with van der Waals surface area (Å²) in [7, 11) is 1.72. The van der Waals surface area contributed by atoms with Gasteiger partial charge in [-0.05, 0) is 36.9 Å². The maximum atomic E-state index is 14.1.